The molecule has 13 heavy (non-hydrogen) atoms. The van der Waals surface area contributed by atoms with E-state index in [1.165, 1.54) is 0 Å². The molecule has 6 heteroatoms. The van der Waals surface area contributed by atoms with Crippen molar-refractivity contribution >= 4 is 36.9 Å². The number of hydrogen-bond donors (Lipinski definition) is 0. The van der Waals surface area contributed by atoms with Crippen LogP contribution < -0.4 is 0 Å². The Morgan fingerprint density at radius 3 is 1.85 bits per heavy atom. The van der Waals surface area contributed by atoms with Crippen LogP contribution in [0.3, 0.4) is 0 Å². The number of alkyl halides is 1. The van der Waals surface area contributed by atoms with E-state index < -0.39 is 14.3 Å². The van der Waals surface area contributed by atoms with Crippen molar-refractivity contribution in [2.45, 2.75) is 0 Å². The Labute approximate surface area is 95.4 Å². The van der Waals surface area contributed by atoms with Gasteiger partial charge in [0.25, 0.3) is 0 Å². The third kappa shape index (κ3) is 2.57. The number of nitrogens with zero attached hydrogens (tertiary/aromatic N) is 1. The van der Waals surface area contributed by atoms with Crippen LogP contribution in [0.2, 0.25) is 0 Å². The van der Waals surface area contributed by atoms with E-state index in [2.05, 4.69) is 27.5 Å². The van der Waals surface area contributed by atoms with Gasteiger partial charge >= 0.3 is 95.8 Å². The molecule has 0 aromatic carbocycles. The van der Waals surface area contributed by atoms with Gasteiger partial charge in [0, 0.05) is 0 Å². The molecule has 3 rings (SSSR count). The second kappa shape index (κ2) is 4.76. The van der Waals surface area contributed by atoms with E-state index in [0.717, 1.165) is 42.7 Å². The van der Waals surface area contributed by atoms with E-state index in [4.69, 9.17) is 11.3 Å². The molecule has 2 bridgehead atoms. The Balaban J connectivity index is 2.07. The molecule has 3 heterocycles. The average molecular weight is 360 g/mol. The summed E-state index contributed by atoms with van der Waals surface area (Å²) >= 11 is -0.436. The first-order chi connectivity index (χ1) is 6.35. The summed E-state index contributed by atoms with van der Waals surface area (Å²) in [7, 11) is 0. The Morgan fingerprint density at radius 2 is 1.46 bits per heavy atom. The molecule has 0 unspecified atom stereocenters. The molecule has 3 aliphatic heterocycles. The van der Waals surface area contributed by atoms with E-state index in [0.29, 0.717) is 0 Å². The molecule has 4 nitrogen and oxygen atoms in total. The molecule has 0 saturated carbocycles. The number of fused-ring (bicyclic) bond motifs is 6. The van der Waals surface area contributed by atoms with E-state index in [9.17, 15) is 0 Å². The van der Waals surface area contributed by atoms with Gasteiger partial charge in [0.1, 0.15) is 0 Å². The molecule has 3 fully saturated rings. The molecule has 0 aromatic rings. The van der Waals surface area contributed by atoms with Crippen molar-refractivity contribution in [1.29, 1.82) is 0 Å². The Hall–Kier alpha value is 1.11. The van der Waals surface area contributed by atoms with Gasteiger partial charge < -0.3 is 0 Å². The third-order valence-corrected chi connectivity index (χ3v) is 11.9. The zero-order valence-electron chi connectivity index (χ0n) is 7.50. The zero-order chi connectivity index (χ0) is 9.15. The molecule has 0 amide bonds. The van der Waals surface area contributed by atoms with Crippen LogP contribution in [-0.2, 0) is 11.3 Å². The van der Waals surface area contributed by atoms with Crippen LogP contribution in [0.15, 0.2) is 0 Å². The van der Waals surface area contributed by atoms with Gasteiger partial charge in [-0.1, -0.05) is 0 Å². The van der Waals surface area contributed by atoms with Crippen LogP contribution in [0.25, 0.3) is 0 Å². The van der Waals surface area contributed by atoms with Gasteiger partial charge in [-0.15, -0.1) is 0 Å². The van der Waals surface area contributed by atoms with Crippen molar-refractivity contribution in [3.63, 3.8) is 0 Å². The van der Waals surface area contributed by atoms with E-state index >= 15 is 0 Å². The van der Waals surface area contributed by atoms with Crippen molar-refractivity contribution in [2.24, 2.45) is 0 Å². The normalized spacial score (nSPS) is 40.8. The zero-order valence-corrected chi connectivity index (χ0v) is 11.8. The van der Waals surface area contributed by atoms with E-state index in [1.54, 1.807) is 0 Å². The first-order valence-electron chi connectivity index (χ1n) is 4.55. The van der Waals surface area contributed by atoms with Gasteiger partial charge in [0.05, 0.1) is 0 Å². The van der Waals surface area contributed by atoms with E-state index in [-0.39, 0.29) is 0 Å². The van der Waals surface area contributed by atoms with E-state index in [1.807, 2.05) is 0 Å². The summed E-state index contributed by atoms with van der Waals surface area (Å²) in [5.41, 5.74) is 0. The fraction of sp³-hybridized carbons (Fsp3) is 1.00. The summed E-state index contributed by atoms with van der Waals surface area (Å²) in [6.07, 6.45) is 0. The number of halogens is 1. The topological polar surface area (TPSA) is 30.9 Å². The summed E-state index contributed by atoms with van der Waals surface area (Å²) in [5.74, 6) is 0. The molecule has 76 valence electrons. The number of rotatable bonds is 1. The maximum absolute atomic E-state index is 5.78. The Bertz CT molecular complexity index is 157. The second-order valence-corrected chi connectivity index (χ2v) is 12.4. The predicted octanol–water partition coefficient (Wildman–Crippen LogP) is 0.278. The van der Waals surface area contributed by atoms with Crippen LogP contribution in [0.4, 0.5) is 0 Å². The predicted molar refractivity (Wildman–Crippen MR) is 58.9 cm³/mol. The SMILES string of the molecule is I[CH2][Ge]12[O]CCN(CC[O]1)CC[O]2. The molecule has 0 N–H and O–H groups in total. The maximum atomic E-state index is 5.78. The van der Waals surface area contributed by atoms with Crippen molar-refractivity contribution in [3.05, 3.63) is 0 Å². The average Bonchev–Trinajstić information content (AvgIpc) is 2.01. The molecular formula is C7H14GeINO3. The Kier molecular flexibility index (Phi) is 3.89. The van der Waals surface area contributed by atoms with Gasteiger partial charge in [-0.3, -0.25) is 0 Å². The van der Waals surface area contributed by atoms with Crippen molar-refractivity contribution in [3.8, 4) is 0 Å². The van der Waals surface area contributed by atoms with Gasteiger partial charge in [-0.25, -0.2) is 0 Å². The summed E-state index contributed by atoms with van der Waals surface area (Å²) in [6.45, 7) is 5.46. The molecule has 0 spiro atoms. The Morgan fingerprint density at radius 1 is 1.00 bits per heavy atom. The van der Waals surface area contributed by atoms with Gasteiger partial charge in [0.15, 0.2) is 0 Å². The molecule has 0 aliphatic carbocycles. The minimum atomic E-state index is -2.76. The fourth-order valence-corrected chi connectivity index (χ4v) is 8.54. The van der Waals surface area contributed by atoms with Crippen molar-refractivity contribution < 1.29 is 11.3 Å². The first-order valence-corrected chi connectivity index (χ1v) is 10.1. The van der Waals surface area contributed by atoms with Crippen LogP contribution in [0, 0.1) is 0 Å². The van der Waals surface area contributed by atoms with Gasteiger partial charge in [-0.05, 0) is 0 Å². The van der Waals surface area contributed by atoms with Crippen LogP contribution in [-0.4, -0.2) is 61.9 Å². The molecular weight excluding hydrogens is 346 g/mol. The third-order valence-electron chi connectivity index (χ3n) is 2.35. The summed E-state index contributed by atoms with van der Waals surface area (Å²) in [6, 6.07) is 0. The summed E-state index contributed by atoms with van der Waals surface area (Å²) in [4.78, 5) is 2.33. The molecule has 3 aliphatic rings. The van der Waals surface area contributed by atoms with Crippen molar-refractivity contribution in [2.75, 3.05) is 42.7 Å². The molecule has 0 radical (unpaired) electrons. The number of hydrogen-bond acceptors (Lipinski definition) is 4. The second-order valence-electron chi connectivity index (χ2n) is 3.20. The van der Waals surface area contributed by atoms with Crippen molar-refractivity contribution in [1.82, 2.24) is 4.90 Å². The quantitative estimate of drug-likeness (QED) is 0.382. The van der Waals surface area contributed by atoms with Crippen LogP contribution in [0.1, 0.15) is 0 Å². The van der Waals surface area contributed by atoms with Crippen LogP contribution in [0.5, 0.6) is 0 Å². The standard InChI is InChI=1S/C7H14GeINO3/c9-7-8-11-4-1-10(2-5-12-8)3-6-13-8/h1-7H2. The minimum absolute atomic E-state index is 0.781. The monoisotopic (exact) mass is 361 g/mol. The summed E-state index contributed by atoms with van der Waals surface area (Å²) in [5, 5.41) is 0. The summed E-state index contributed by atoms with van der Waals surface area (Å²) < 4.78 is 18.3. The molecule has 3 saturated heterocycles. The van der Waals surface area contributed by atoms with Crippen LogP contribution >= 0.6 is 22.6 Å². The first kappa shape index (κ1) is 10.6. The van der Waals surface area contributed by atoms with Gasteiger partial charge in [-0.2, -0.15) is 0 Å². The molecule has 0 aromatic heterocycles. The molecule has 0 atom stereocenters. The van der Waals surface area contributed by atoms with Gasteiger partial charge in [0.2, 0.25) is 0 Å². The fourth-order valence-electron chi connectivity index (χ4n) is 1.57.